The van der Waals surface area contributed by atoms with Crippen LogP contribution in [0.5, 0.6) is 0 Å². The van der Waals surface area contributed by atoms with Crippen LogP contribution in [0, 0.1) is 0 Å². The lowest BCUT2D eigenvalue weighted by molar-refractivity contribution is -0.120. The number of carbonyl (C=O) groups excluding carboxylic acids is 1. The Morgan fingerprint density at radius 3 is 2.68 bits per heavy atom. The van der Waals surface area contributed by atoms with Gasteiger partial charge in [0, 0.05) is 29.3 Å². The Bertz CT molecular complexity index is 695. The molecule has 5 nitrogen and oxygen atoms in total. The molecular formula is C16H18BrN3O2. The highest BCUT2D eigenvalue weighted by Gasteiger charge is 2.04. The highest BCUT2D eigenvalue weighted by atomic mass is 79.9. The molecule has 1 aromatic carbocycles. The molecule has 0 unspecified atom stereocenters. The number of nitrogens with zero attached hydrogens (tertiary/aromatic N) is 2. The SMILES string of the molecule is CCc1cc(=O)n(CCNC(=O)Cc2ccc(Br)cc2)cn1. The zero-order valence-corrected chi connectivity index (χ0v) is 14.0. The molecule has 0 fully saturated rings. The second kappa shape index (κ2) is 7.89. The highest BCUT2D eigenvalue weighted by molar-refractivity contribution is 9.10. The van der Waals surface area contributed by atoms with E-state index < -0.39 is 0 Å². The minimum atomic E-state index is -0.0889. The normalized spacial score (nSPS) is 10.5. The van der Waals surface area contributed by atoms with E-state index in [1.165, 1.54) is 17.0 Å². The summed E-state index contributed by atoms with van der Waals surface area (Å²) >= 11 is 3.36. The van der Waals surface area contributed by atoms with Crippen molar-refractivity contribution in [2.45, 2.75) is 26.3 Å². The van der Waals surface area contributed by atoms with Crippen LogP contribution in [-0.2, 0) is 24.2 Å². The largest absolute Gasteiger partial charge is 0.354 e. The Labute approximate surface area is 137 Å². The predicted molar refractivity (Wildman–Crippen MR) is 88.7 cm³/mol. The van der Waals surface area contributed by atoms with Crippen LogP contribution in [0.3, 0.4) is 0 Å². The minimum Gasteiger partial charge on any atom is -0.354 e. The first-order valence-electron chi connectivity index (χ1n) is 7.15. The van der Waals surface area contributed by atoms with E-state index in [4.69, 9.17) is 0 Å². The fraction of sp³-hybridized carbons (Fsp3) is 0.312. The van der Waals surface area contributed by atoms with Gasteiger partial charge in [-0.2, -0.15) is 0 Å². The number of benzene rings is 1. The van der Waals surface area contributed by atoms with Gasteiger partial charge in [-0.05, 0) is 24.1 Å². The standard InChI is InChI=1S/C16H18BrN3O2/c1-2-14-10-16(22)20(11-19-14)8-7-18-15(21)9-12-3-5-13(17)6-4-12/h3-6,10-11H,2,7-9H2,1H3,(H,18,21). The Morgan fingerprint density at radius 2 is 2.05 bits per heavy atom. The van der Waals surface area contributed by atoms with E-state index in [1.807, 2.05) is 31.2 Å². The van der Waals surface area contributed by atoms with Crippen molar-refractivity contribution in [3.63, 3.8) is 0 Å². The molecule has 6 heteroatoms. The predicted octanol–water partition coefficient (Wildman–Crippen LogP) is 1.93. The third-order valence-electron chi connectivity index (χ3n) is 3.25. The van der Waals surface area contributed by atoms with Crippen LogP contribution in [0.15, 0.2) is 45.9 Å². The van der Waals surface area contributed by atoms with E-state index in [1.54, 1.807) is 0 Å². The maximum Gasteiger partial charge on any atom is 0.253 e. The van der Waals surface area contributed by atoms with Gasteiger partial charge in [0.25, 0.3) is 5.56 Å². The molecule has 22 heavy (non-hydrogen) atoms. The number of aromatic nitrogens is 2. The number of carbonyl (C=O) groups is 1. The fourth-order valence-corrected chi connectivity index (χ4v) is 2.25. The molecule has 0 radical (unpaired) electrons. The van der Waals surface area contributed by atoms with E-state index in [9.17, 15) is 9.59 Å². The zero-order valence-electron chi connectivity index (χ0n) is 12.4. The molecule has 1 aromatic heterocycles. The molecule has 1 amide bonds. The molecule has 0 saturated carbocycles. The van der Waals surface area contributed by atoms with Crippen LogP contribution in [0.4, 0.5) is 0 Å². The van der Waals surface area contributed by atoms with Crippen LogP contribution in [-0.4, -0.2) is 22.0 Å². The lowest BCUT2D eigenvalue weighted by Crippen LogP contribution is -2.31. The van der Waals surface area contributed by atoms with Gasteiger partial charge < -0.3 is 5.32 Å². The zero-order chi connectivity index (χ0) is 15.9. The summed E-state index contributed by atoms with van der Waals surface area (Å²) < 4.78 is 2.48. The molecule has 0 aliphatic rings. The maximum atomic E-state index is 11.8. The third-order valence-corrected chi connectivity index (χ3v) is 3.78. The van der Waals surface area contributed by atoms with Gasteiger partial charge in [-0.1, -0.05) is 35.0 Å². The lowest BCUT2D eigenvalue weighted by Gasteiger charge is -2.08. The number of rotatable bonds is 6. The van der Waals surface area contributed by atoms with Gasteiger partial charge in [-0.25, -0.2) is 4.98 Å². The average molecular weight is 364 g/mol. The lowest BCUT2D eigenvalue weighted by atomic mass is 10.1. The van der Waals surface area contributed by atoms with Gasteiger partial charge in [-0.3, -0.25) is 14.2 Å². The first-order valence-corrected chi connectivity index (χ1v) is 7.94. The van der Waals surface area contributed by atoms with Crippen molar-refractivity contribution in [3.05, 3.63) is 62.7 Å². The Morgan fingerprint density at radius 1 is 1.32 bits per heavy atom. The van der Waals surface area contributed by atoms with Crippen molar-refractivity contribution in [2.24, 2.45) is 0 Å². The molecular weight excluding hydrogens is 346 g/mol. The van der Waals surface area contributed by atoms with Gasteiger partial charge in [0.05, 0.1) is 12.7 Å². The number of hydrogen-bond acceptors (Lipinski definition) is 3. The third kappa shape index (κ3) is 4.80. The van der Waals surface area contributed by atoms with Crippen LogP contribution >= 0.6 is 15.9 Å². The number of nitrogens with one attached hydrogen (secondary N) is 1. The molecule has 0 atom stereocenters. The summed E-state index contributed by atoms with van der Waals surface area (Å²) in [5.41, 5.74) is 1.64. The Kier molecular flexibility index (Phi) is 5.89. The highest BCUT2D eigenvalue weighted by Crippen LogP contribution is 2.10. The molecule has 116 valence electrons. The molecule has 1 heterocycles. The molecule has 0 saturated heterocycles. The molecule has 2 aromatic rings. The molecule has 0 aliphatic heterocycles. The second-order valence-electron chi connectivity index (χ2n) is 4.92. The summed E-state index contributed by atoms with van der Waals surface area (Å²) in [5.74, 6) is -0.0616. The molecule has 0 aliphatic carbocycles. The first-order chi connectivity index (χ1) is 10.6. The van der Waals surface area contributed by atoms with Gasteiger partial charge in [-0.15, -0.1) is 0 Å². The van der Waals surface area contributed by atoms with Crippen molar-refractivity contribution in [1.82, 2.24) is 14.9 Å². The summed E-state index contributed by atoms with van der Waals surface area (Å²) in [7, 11) is 0. The number of hydrogen-bond donors (Lipinski definition) is 1. The van der Waals surface area contributed by atoms with Gasteiger partial charge in [0.15, 0.2) is 0 Å². The van der Waals surface area contributed by atoms with Crippen LogP contribution in [0.25, 0.3) is 0 Å². The number of amides is 1. The first kappa shape index (κ1) is 16.4. The smallest absolute Gasteiger partial charge is 0.253 e. The summed E-state index contributed by atoms with van der Waals surface area (Å²) in [4.78, 5) is 27.8. The van der Waals surface area contributed by atoms with Gasteiger partial charge in [0.1, 0.15) is 0 Å². The van der Waals surface area contributed by atoms with Crippen LogP contribution in [0.1, 0.15) is 18.2 Å². The molecule has 0 bridgehead atoms. The molecule has 2 rings (SSSR count). The van der Waals surface area contributed by atoms with E-state index in [0.717, 1.165) is 22.2 Å². The number of halogens is 1. The summed E-state index contributed by atoms with van der Waals surface area (Å²) in [6.07, 6.45) is 2.59. The van der Waals surface area contributed by atoms with Crippen molar-refractivity contribution in [3.8, 4) is 0 Å². The van der Waals surface area contributed by atoms with Crippen LogP contribution in [0.2, 0.25) is 0 Å². The van der Waals surface area contributed by atoms with E-state index in [0.29, 0.717) is 19.5 Å². The van der Waals surface area contributed by atoms with Crippen molar-refractivity contribution in [2.75, 3.05) is 6.54 Å². The van der Waals surface area contributed by atoms with E-state index in [2.05, 4.69) is 26.2 Å². The monoisotopic (exact) mass is 363 g/mol. The minimum absolute atomic E-state index is 0.0616. The maximum absolute atomic E-state index is 11.8. The summed E-state index contributed by atoms with van der Waals surface area (Å²) in [6.45, 7) is 2.78. The number of aryl methyl sites for hydroxylation is 1. The molecule has 1 N–H and O–H groups in total. The molecule has 0 spiro atoms. The Hall–Kier alpha value is -1.95. The summed E-state index contributed by atoms with van der Waals surface area (Å²) in [6, 6.07) is 9.15. The topological polar surface area (TPSA) is 64.0 Å². The second-order valence-corrected chi connectivity index (χ2v) is 5.83. The van der Waals surface area contributed by atoms with E-state index >= 15 is 0 Å². The summed E-state index contributed by atoms with van der Waals surface area (Å²) in [5, 5.41) is 2.81. The van der Waals surface area contributed by atoms with Gasteiger partial charge in [0.2, 0.25) is 5.91 Å². The Balaban J connectivity index is 1.82. The average Bonchev–Trinajstić information content (AvgIpc) is 2.51. The van der Waals surface area contributed by atoms with Crippen LogP contribution < -0.4 is 10.9 Å². The fourth-order valence-electron chi connectivity index (χ4n) is 1.99. The van der Waals surface area contributed by atoms with Crippen molar-refractivity contribution < 1.29 is 4.79 Å². The van der Waals surface area contributed by atoms with E-state index in [-0.39, 0.29) is 11.5 Å². The van der Waals surface area contributed by atoms with Gasteiger partial charge >= 0.3 is 0 Å². The van der Waals surface area contributed by atoms with Crippen molar-refractivity contribution >= 4 is 21.8 Å². The van der Waals surface area contributed by atoms with Crippen molar-refractivity contribution in [1.29, 1.82) is 0 Å². The quantitative estimate of drug-likeness (QED) is 0.852.